The molecule has 1 heterocycles. The summed E-state index contributed by atoms with van der Waals surface area (Å²) in [7, 11) is -3.52. The Bertz CT molecular complexity index is 306. The maximum absolute atomic E-state index is 11.0. The molecule has 0 radical (unpaired) electrons. The van der Waals surface area contributed by atoms with Crippen molar-refractivity contribution in [3.8, 4) is 0 Å². The molecule has 0 atom stereocenters. The van der Waals surface area contributed by atoms with Crippen LogP contribution in [0.15, 0.2) is 23.4 Å². The summed E-state index contributed by atoms with van der Waals surface area (Å²) in [5, 5.41) is 0.0966. The van der Waals surface area contributed by atoms with E-state index in [0.29, 0.717) is 0 Å². The van der Waals surface area contributed by atoms with Crippen LogP contribution in [0.25, 0.3) is 0 Å². The molecule has 0 saturated heterocycles. The summed E-state index contributed by atoms with van der Waals surface area (Å²) in [6, 6.07) is 3.05. The van der Waals surface area contributed by atoms with Crippen LogP contribution in [0.1, 0.15) is 6.92 Å². The molecule has 1 aromatic heterocycles. The van der Waals surface area contributed by atoms with Crippen LogP contribution in [-0.4, -0.2) is 49.6 Å². The Morgan fingerprint density at radius 3 is 2.67 bits per heavy atom. The number of nitrogens with one attached hydrogen (secondary N) is 1. The van der Waals surface area contributed by atoms with E-state index in [2.05, 4.69) is 9.17 Å². The van der Waals surface area contributed by atoms with Gasteiger partial charge in [0.05, 0.1) is 6.61 Å². The zero-order valence-corrected chi connectivity index (χ0v) is 6.89. The van der Waals surface area contributed by atoms with E-state index in [1.165, 1.54) is 12.3 Å². The van der Waals surface area contributed by atoms with Gasteiger partial charge in [0.1, 0.15) is 0 Å². The third-order valence-corrected chi connectivity index (χ3v) is 2.45. The molecule has 0 amide bonds. The van der Waals surface area contributed by atoms with E-state index in [0.717, 1.165) is 0 Å². The second-order valence-electron chi connectivity index (χ2n) is 1.90. The Kier molecular flexibility index (Phi) is 5.12. The van der Waals surface area contributed by atoms with Crippen LogP contribution in [0.3, 0.4) is 0 Å². The molecule has 1 N–H and O–H groups in total. The van der Waals surface area contributed by atoms with Crippen LogP contribution >= 0.6 is 0 Å². The first kappa shape index (κ1) is 12.2. The molecule has 1 aromatic rings. The molecule has 0 aliphatic carbocycles. The van der Waals surface area contributed by atoms with Gasteiger partial charge in [0, 0.05) is 6.20 Å². The van der Waals surface area contributed by atoms with E-state index in [4.69, 9.17) is 0 Å². The van der Waals surface area contributed by atoms with Crippen molar-refractivity contribution in [2.75, 3.05) is 6.61 Å². The standard InChI is InChI=1S/C6H9NO3S.Na.H/c1-2-10-11(8,9)6-4-3-5-7-6;;/h3-5,7H,2H2,1H3;;. The molecular weight excluding hydrogens is 189 g/mol. The van der Waals surface area contributed by atoms with Crippen molar-refractivity contribution in [1.82, 2.24) is 4.98 Å². The molecule has 6 heteroatoms. The normalized spacial score (nSPS) is 10.8. The van der Waals surface area contributed by atoms with Crippen LogP contribution in [0.2, 0.25) is 0 Å². The molecule has 0 aromatic carbocycles. The number of aromatic nitrogens is 1. The average molecular weight is 199 g/mol. The van der Waals surface area contributed by atoms with E-state index >= 15 is 0 Å². The number of aromatic amines is 1. The molecule has 0 bridgehead atoms. The first-order valence-corrected chi connectivity index (χ1v) is 4.60. The van der Waals surface area contributed by atoms with Crippen molar-refractivity contribution in [3.05, 3.63) is 18.3 Å². The third kappa shape index (κ3) is 2.91. The van der Waals surface area contributed by atoms with Crippen molar-refractivity contribution in [3.63, 3.8) is 0 Å². The van der Waals surface area contributed by atoms with Gasteiger partial charge in [-0.1, -0.05) is 0 Å². The topological polar surface area (TPSA) is 59.2 Å². The quantitative estimate of drug-likeness (QED) is 0.554. The van der Waals surface area contributed by atoms with Crippen molar-refractivity contribution in [1.29, 1.82) is 0 Å². The zero-order chi connectivity index (χ0) is 8.32. The predicted octanol–water partition coefficient (Wildman–Crippen LogP) is 0.0914. The van der Waals surface area contributed by atoms with Gasteiger partial charge in [0.15, 0.2) is 5.03 Å². The summed E-state index contributed by atoms with van der Waals surface area (Å²) < 4.78 is 26.6. The Labute approximate surface area is 93.7 Å². The fraction of sp³-hybridized carbons (Fsp3) is 0.333. The van der Waals surface area contributed by atoms with Gasteiger partial charge in [0.2, 0.25) is 0 Å². The van der Waals surface area contributed by atoms with Gasteiger partial charge in [-0.25, -0.2) is 0 Å². The summed E-state index contributed by atoms with van der Waals surface area (Å²) in [5.41, 5.74) is 0. The molecule has 12 heavy (non-hydrogen) atoms. The van der Waals surface area contributed by atoms with Crippen LogP contribution in [0.4, 0.5) is 0 Å². The van der Waals surface area contributed by atoms with E-state index in [-0.39, 0.29) is 41.2 Å². The molecule has 0 saturated carbocycles. The van der Waals surface area contributed by atoms with E-state index in [1.807, 2.05) is 0 Å². The Hall–Kier alpha value is 0.190. The molecule has 0 aliphatic rings. The van der Waals surface area contributed by atoms with Gasteiger partial charge in [-0.15, -0.1) is 0 Å². The fourth-order valence-electron chi connectivity index (χ4n) is 0.688. The number of rotatable bonds is 3. The van der Waals surface area contributed by atoms with Gasteiger partial charge >= 0.3 is 39.7 Å². The Balaban J connectivity index is 0.00000121. The Morgan fingerprint density at radius 2 is 2.25 bits per heavy atom. The first-order valence-electron chi connectivity index (χ1n) is 3.19. The number of hydrogen-bond acceptors (Lipinski definition) is 3. The minimum absolute atomic E-state index is 0. The predicted molar refractivity (Wildman–Crippen MR) is 46.8 cm³/mol. The molecule has 0 aliphatic heterocycles. The van der Waals surface area contributed by atoms with Gasteiger partial charge in [0.25, 0.3) is 0 Å². The monoisotopic (exact) mass is 199 g/mol. The van der Waals surface area contributed by atoms with Crippen molar-refractivity contribution in [2.24, 2.45) is 0 Å². The second-order valence-corrected chi connectivity index (χ2v) is 3.48. The molecule has 64 valence electrons. The number of H-pyrrole nitrogens is 1. The SMILES string of the molecule is CCOS(=O)(=O)c1ccc[nH]1.[NaH]. The average Bonchev–Trinajstić information content (AvgIpc) is 2.37. The van der Waals surface area contributed by atoms with Crippen LogP contribution in [0.5, 0.6) is 0 Å². The third-order valence-electron chi connectivity index (χ3n) is 1.11. The van der Waals surface area contributed by atoms with Crippen LogP contribution in [0, 0.1) is 0 Å². The summed E-state index contributed by atoms with van der Waals surface area (Å²) in [4.78, 5) is 2.55. The molecule has 1 rings (SSSR count). The first-order chi connectivity index (χ1) is 5.17. The minimum atomic E-state index is -3.52. The van der Waals surface area contributed by atoms with Crippen molar-refractivity contribution >= 4 is 39.7 Å². The zero-order valence-electron chi connectivity index (χ0n) is 6.07. The summed E-state index contributed by atoms with van der Waals surface area (Å²) >= 11 is 0. The molecular formula is C6H10NNaO3S. The van der Waals surface area contributed by atoms with Gasteiger partial charge in [-0.3, -0.25) is 4.18 Å². The maximum atomic E-state index is 11.0. The van der Waals surface area contributed by atoms with Gasteiger partial charge in [-0.05, 0) is 19.1 Å². The Morgan fingerprint density at radius 1 is 1.58 bits per heavy atom. The summed E-state index contributed by atoms with van der Waals surface area (Å²) in [5.74, 6) is 0. The van der Waals surface area contributed by atoms with Crippen LogP contribution in [-0.2, 0) is 14.3 Å². The van der Waals surface area contributed by atoms with E-state index < -0.39 is 10.1 Å². The van der Waals surface area contributed by atoms with Gasteiger partial charge < -0.3 is 4.98 Å². The fourth-order valence-corrected chi connectivity index (χ4v) is 1.58. The second kappa shape index (κ2) is 5.04. The summed E-state index contributed by atoms with van der Waals surface area (Å²) in [6.45, 7) is 1.78. The molecule has 0 unspecified atom stereocenters. The van der Waals surface area contributed by atoms with Crippen molar-refractivity contribution < 1.29 is 12.6 Å². The van der Waals surface area contributed by atoms with Crippen LogP contribution < -0.4 is 0 Å². The molecule has 0 fully saturated rings. The summed E-state index contributed by atoms with van der Waals surface area (Å²) in [6.07, 6.45) is 1.53. The molecule has 0 spiro atoms. The van der Waals surface area contributed by atoms with Crippen molar-refractivity contribution in [2.45, 2.75) is 11.9 Å². The molecule has 4 nitrogen and oxygen atoms in total. The van der Waals surface area contributed by atoms with E-state index in [9.17, 15) is 8.42 Å². The van der Waals surface area contributed by atoms with Gasteiger partial charge in [-0.2, -0.15) is 8.42 Å². The number of hydrogen-bond donors (Lipinski definition) is 1. The van der Waals surface area contributed by atoms with E-state index in [1.54, 1.807) is 13.0 Å².